The van der Waals surface area contributed by atoms with Gasteiger partial charge < -0.3 is 0 Å². The van der Waals surface area contributed by atoms with Crippen molar-refractivity contribution in [2.75, 3.05) is 0 Å². The minimum atomic E-state index is -1.39. The van der Waals surface area contributed by atoms with Gasteiger partial charge in [-0.3, -0.25) is 0 Å². The highest BCUT2D eigenvalue weighted by Crippen LogP contribution is 2.28. The predicted molar refractivity (Wildman–Crippen MR) is 52.8 cm³/mol. The van der Waals surface area contributed by atoms with Crippen molar-refractivity contribution in [3.05, 3.63) is 41.2 Å². The molecule has 1 aliphatic rings. The molecule has 0 aliphatic heterocycles. The highest BCUT2D eigenvalue weighted by molar-refractivity contribution is 5.66. The molecule has 0 bridgehead atoms. The molecule has 0 nitrogen and oxygen atoms in total. The van der Waals surface area contributed by atoms with E-state index in [4.69, 9.17) is 0 Å². The summed E-state index contributed by atoms with van der Waals surface area (Å²) in [6.45, 7) is 0. The van der Waals surface area contributed by atoms with E-state index in [0.717, 1.165) is 43.4 Å². The first-order chi connectivity index (χ1) is 7.18. The zero-order chi connectivity index (χ0) is 10.8. The van der Waals surface area contributed by atoms with E-state index in [1.165, 1.54) is 0 Å². The molecular formula is C12H11F3. The van der Waals surface area contributed by atoms with E-state index in [1.54, 1.807) is 0 Å². The summed E-state index contributed by atoms with van der Waals surface area (Å²) < 4.78 is 38.6. The van der Waals surface area contributed by atoms with Crippen LogP contribution in [0.5, 0.6) is 0 Å². The fraction of sp³-hybridized carbons (Fsp3) is 0.333. The van der Waals surface area contributed by atoms with Crippen molar-refractivity contribution >= 4 is 5.57 Å². The van der Waals surface area contributed by atoms with Crippen molar-refractivity contribution in [2.45, 2.75) is 25.7 Å². The third-order valence-corrected chi connectivity index (χ3v) is 2.65. The molecule has 0 amide bonds. The van der Waals surface area contributed by atoms with Gasteiger partial charge in [0.1, 0.15) is 0 Å². The van der Waals surface area contributed by atoms with Crippen molar-refractivity contribution < 1.29 is 13.2 Å². The SMILES string of the molecule is Fc1cc(C2=CCCCC2)cc(F)c1F. The van der Waals surface area contributed by atoms with E-state index >= 15 is 0 Å². The average Bonchev–Trinajstić information content (AvgIpc) is 2.26. The van der Waals surface area contributed by atoms with Crippen LogP contribution in [-0.2, 0) is 0 Å². The molecule has 0 atom stereocenters. The van der Waals surface area contributed by atoms with Crippen molar-refractivity contribution in [2.24, 2.45) is 0 Å². The van der Waals surface area contributed by atoms with Crippen molar-refractivity contribution in [3.63, 3.8) is 0 Å². The van der Waals surface area contributed by atoms with E-state index in [9.17, 15) is 13.2 Å². The number of rotatable bonds is 1. The summed E-state index contributed by atoms with van der Waals surface area (Å²) in [4.78, 5) is 0. The first-order valence-corrected chi connectivity index (χ1v) is 5.02. The highest BCUT2D eigenvalue weighted by atomic mass is 19.2. The van der Waals surface area contributed by atoms with Crippen LogP contribution in [0.1, 0.15) is 31.2 Å². The number of halogens is 3. The van der Waals surface area contributed by atoms with Gasteiger partial charge in [-0.05, 0) is 49.0 Å². The Hall–Kier alpha value is -1.25. The molecule has 0 fully saturated rings. The molecule has 3 heteroatoms. The summed E-state index contributed by atoms with van der Waals surface area (Å²) in [5, 5.41) is 0. The van der Waals surface area contributed by atoms with Crippen molar-refractivity contribution in [1.82, 2.24) is 0 Å². The molecule has 0 N–H and O–H groups in total. The monoisotopic (exact) mass is 212 g/mol. The van der Waals surface area contributed by atoms with E-state index in [1.807, 2.05) is 6.08 Å². The molecule has 1 aliphatic carbocycles. The second-order valence-corrected chi connectivity index (χ2v) is 3.73. The van der Waals surface area contributed by atoms with Crippen molar-refractivity contribution in [3.8, 4) is 0 Å². The maximum absolute atomic E-state index is 13.0. The number of allylic oxidation sites excluding steroid dienone is 2. The first-order valence-electron chi connectivity index (χ1n) is 5.02. The Kier molecular flexibility index (Phi) is 2.80. The highest BCUT2D eigenvalue weighted by Gasteiger charge is 2.13. The normalized spacial score (nSPS) is 16.3. The van der Waals surface area contributed by atoms with Gasteiger partial charge in [0, 0.05) is 0 Å². The van der Waals surface area contributed by atoms with Gasteiger partial charge in [-0.15, -0.1) is 0 Å². The van der Waals surface area contributed by atoms with Gasteiger partial charge >= 0.3 is 0 Å². The Labute approximate surface area is 86.4 Å². The maximum Gasteiger partial charge on any atom is 0.194 e. The lowest BCUT2D eigenvalue weighted by Gasteiger charge is -2.13. The van der Waals surface area contributed by atoms with Crippen LogP contribution in [0.3, 0.4) is 0 Å². The smallest absolute Gasteiger partial charge is 0.194 e. The summed E-state index contributed by atoms with van der Waals surface area (Å²) >= 11 is 0. The van der Waals surface area contributed by atoms with Crippen LogP contribution in [0.25, 0.3) is 5.57 Å². The molecule has 0 saturated carbocycles. The minimum absolute atomic E-state index is 0.464. The third kappa shape index (κ3) is 2.06. The van der Waals surface area contributed by atoms with E-state index in [2.05, 4.69) is 0 Å². The first kappa shape index (κ1) is 10.3. The maximum atomic E-state index is 13.0. The molecule has 2 rings (SSSR count). The molecule has 1 aromatic rings. The van der Waals surface area contributed by atoms with E-state index in [-0.39, 0.29) is 0 Å². The fourth-order valence-electron chi connectivity index (χ4n) is 1.84. The fourth-order valence-corrected chi connectivity index (χ4v) is 1.84. The van der Waals surface area contributed by atoms with Crippen molar-refractivity contribution in [1.29, 1.82) is 0 Å². The topological polar surface area (TPSA) is 0 Å². The Morgan fingerprint density at radius 2 is 1.60 bits per heavy atom. The van der Waals surface area contributed by atoms with Crippen LogP contribution in [0, 0.1) is 17.5 Å². The zero-order valence-electron chi connectivity index (χ0n) is 8.19. The molecule has 0 saturated heterocycles. The van der Waals surface area contributed by atoms with Gasteiger partial charge in [0.05, 0.1) is 0 Å². The number of benzene rings is 1. The Balaban J connectivity index is 2.40. The lowest BCUT2D eigenvalue weighted by molar-refractivity contribution is 0.446. The number of hydrogen-bond donors (Lipinski definition) is 0. The van der Waals surface area contributed by atoms with E-state index in [0.29, 0.717) is 5.56 Å². The Morgan fingerprint density at radius 3 is 2.13 bits per heavy atom. The molecule has 80 valence electrons. The van der Waals surface area contributed by atoms with Gasteiger partial charge in [0.25, 0.3) is 0 Å². The lowest BCUT2D eigenvalue weighted by Crippen LogP contribution is -1.97. The molecule has 0 radical (unpaired) electrons. The lowest BCUT2D eigenvalue weighted by atomic mass is 9.93. The van der Waals surface area contributed by atoms with Crippen LogP contribution in [0.2, 0.25) is 0 Å². The summed E-state index contributed by atoms with van der Waals surface area (Å²) in [6, 6.07) is 2.13. The van der Waals surface area contributed by atoms with Crippen LogP contribution >= 0.6 is 0 Å². The molecule has 0 spiro atoms. The van der Waals surface area contributed by atoms with Crippen LogP contribution in [0.15, 0.2) is 18.2 Å². The summed E-state index contributed by atoms with van der Waals surface area (Å²) in [6.07, 6.45) is 5.83. The van der Waals surface area contributed by atoms with Gasteiger partial charge in [0.2, 0.25) is 0 Å². The third-order valence-electron chi connectivity index (χ3n) is 2.65. The number of hydrogen-bond acceptors (Lipinski definition) is 0. The zero-order valence-corrected chi connectivity index (χ0v) is 8.19. The summed E-state index contributed by atoms with van der Waals surface area (Å²) in [5.41, 5.74) is 1.38. The molecular weight excluding hydrogens is 201 g/mol. The second-order valence-electron chi connectivity index (χ2n) is 3.73. The van der Waals surface area contributed by atoms with Crippen LogP contribution in [-0.4, -0.2) is 0 Å². The van der Waals surface area contributed by atoms with E-state index < -0.39 is 17.5 Å². The van der Waals surface area contributed by atoms with Gasteiger partial charge in [-0.1, -0.05) is 6.08 Å². The molecule has 0 aromatic heterocycles. The molecule has 1 aromatic carbocycles. The Bertz CT molecular complexity index is 384. The van der Waals surface area contributed by atoms with Gasteiger partial charge in [0.15, 0.2) is 17.5 Å². The second kappa shape index (κ2) is 4.09. The van der Waals surface area contributed by atoms with Gasteiger partial charge in [-0.25, -0.2) is 13.2 Å². The van der Waals surface area contributed by atoms with Gasteiger partial charge in [-0.2, -0.15) is 0 Å². The average molecular weight is 212 g/mol. The summed E-state index contributed by atoms with van der Waals surface area (Å²) in [7, 11) is 0. The molecule has 15 heavy (non-hydrogen) atoms. The quantitative estimate of drug-likeness (QED) is 0.616. The Morgan fingerprint density at radius 1 is 0.933 bits per heavy atom. The summed E-state index contributed by atoms with van der Waals surface area (Å²) in [5.74, 6) is -3.62. The van der Waals surface area contributed by atoms with Crippen LogP contribution in [0.4, 0.5) is 13.2 Å². The minimum Gasteiger partial charge on any atom is -0.204 e. The predicted octanol–water partition coefficient (Wildman–Crippen LogP) is 4.06. The molecule has 0 unspecified atom stereocenters. The standard InChI is InChI=1S/C12H11F3/c13-10-6-9(7-11(14)12(10)15)8-4-2-1-3-5-8/h4,6-7H,1-3,5H2. The largest absolute Gasteiger partial charge is 0.204 e. The molecule has 0 heterocycles. The van der Waals surface area contributed by atoms with Crippen LogP contribution < -0.4 is 0 Å².